The Morgan fingerprint density at radius 3 is 2.43 bits per heavy atom. The maximum atomic E-state index is 13.5. The van der Waals surface area contributed by atoms with E-state index in [1.54, 1.807) is 6.07 Å². The summed E-state index contributed by atoms with van der Waals surface area (Å²) in [5.74, 6) is -5.98. The number of aromatic nitrogens is 3. The number of nitrogen functional groups attached to an aromatic ring is 1. The number of thioether (sulfide) groups is 2. The van der Waals surface area contributed by atoms with Crippen molar-refractivity contribution in [2.45, 2.75) is 21.9 Å². The molecule has 2 amide bonds. The Balaban J connectivity index is 1.17. The Labute approximate surface area is 301 Å². The van der Waals surface area contributed by atoms with E-state index in [0.717, 1.165) is 28.4 Å². The van der Waals surface area contributed by atoms with Crippen molar-refractivity contribution >= 4 is 80.8 Å². The molecule has 18 nitrogen and oxygen atoms in total. The fourth-order valence-electron chi connectivity index (χ4n) is 4.85. The predicted octanol–water partition coefficient (Wildman–Crippen LogP) is 2.14. The normalized spacial score (nSPS) is 17.8. The van der Waals surface area contributed by atoms with Gasteiger partial charge in [0, 0.05) is 28.0 Å². The number of thiazole rings is 1. The number of benzene rings is 2. The van der Waals surface area contributed by atoms with Gasteiger partial charge in [0.2, 0.25) is 6.10 Å². The van der Waals surface area contributed by atoms with Crippen LogP contribution in [0.1, 0.15) is 17.4 Å². The lowest BCUT2D eigenvalue weighted by molar-refractivity contribution is -0.151. The maximum Gasteiger partial charge on any atom is 0.352 e. The average Bonchev–Trinajstić information content (AvgIpc) is 3.75. The second-order valence-electron chi connectivity index (χ2n) is 10.6. The molecule has 51 heavy (non-hydrogen) atoms. The van der Waals surface area contributed by atoms with Crippen molar-refractivity contribution in [2.75, 3.05) is 17.2 Å². The third kappa shape index (κ3) is 7.19. The lowest BCUT2D eigenvalue weighted by atomic mass is 10.0. The Morgan fingerprint density at radius 1 is 1.06 bits per heavy atom. The van der Waals surface area contributed by atoms with Gasteiger partial charge in [-0.1, -0.05) is 34.3 Å². The van der Waals surface area contributed by atoms with E-state index in [2.05, 4.69) is 25.7 Å². The van der Waals surface area contributed by atoms with Crippen LogP contribution in [0, 0.1) is 0 Å². The minimum absolute atomic E-state index is 0.0449. The first-order valence-electron chi connectivity index (χ1n) is 14.2. The Bertz CT molecular complexity index is 2140. The Kier molecular flexibility index (Phi) is 9.91. The molecular weight excluding hydrogens is 751 g/mol. The van der Waals surface area contributed by atoms with Gasteiger partial charge in [-0.2, -0.15) is 0 Å². The number of anilines is 1. The second kappa shape index (κ2) is 14.3. The summed E-state index contributed by atoms with van der Waals surface area (Å²) in [5, 5.41) is 74.1. The summed E-state index contributed by atoms with van der Waals surface area (Å²) in [7, 11) is 0. The van der Waals surface area contributed by atoms with E-state index in [9.17, 15) is 49.8 Å². The zero-order valence-electron chi connectivity index (χ0n) is 25.4. The number of aliphatic carboxylic acids is 2. The van der Waals surface area contributed by atoms with Crippen molar-refractivity contribution < 1.29 is 54.7 Å². The highest BCUT2D eigenvalue weighted by atomic mass is 32.2. The van der Waals surface area contributed by atoms with Gasteiger partial charge < -0.3 is 46.5 Å². The molecule has 1 saturated heterocycles. The van der Waals surface area contributed by atoms with E-state index in [0.29, 0.717) is 20.5 Å². The predicted molar refractivity (Wildman–Crippen MR) is 183 cm³/mol. The number of amides is 2. The number of carbonyl (C=O) groups is 4. The average molecular weight is 774 g/mol. The number of oxime groups is 1. The molecule has 0 aliphatic carbocycles. The van der Waals surface area contributed by atoms with Crippen LogP contribution in [0.5, 0.6) is 23.0 Å². The van der Waals surface area contributed by atoms with Crippen LogP contribution in [0.25, 0.3) is 10.6 Å². The van der Waals surface area contributed by atoms with Crippen LogP contribution in [0.2, 0.25) is 0 Å². The second-order valence-corrected chi connectivity index (χ2v) is 14.8. The molecule has 4 heterocycles. The van der Waals surface area contributed by atoms with Crippen LogP contribution in [0.3, 0.4) is 0 Å². The summed E-state index contributed by atoms with van der Waals surface area (Å²) in [6.07, 6.45) is -1.84. The molecule has 2 aliphatic heterocycles. The standard InChI is InChI=1S/C29H23N7O11S4/c30-28-31-13(9-49-28)18(35-47-21(27(45)46)10-1-3-14(37)16(39)5-10)22(41)32-19-24(42)36-20(26(43)44)12(7-48-25(19)36)8-50-29-34-33-23(51-29)11-2-4-15(38)17(40)6-11/h1-6,9,19,21,25,37-40H,7-8H2,(H2,30,31)(H,32,41)(H,43,44)(H,45,46)/b35-18-/t19-,21?,25-/m1/s1. The van der Waals surface area contributed by atoms with Gasteiger partial charge in [-0.05, 0) is 35.9 Å². The molecule has 2 aromatic carbocycles. The van der Waals surface area contributed by atoms with E-state index < -0.39 is 58.5 Å². The number of phenolic OH excluding ortho intramolecular Hbond substituents is 4. The first-order valence-corrected chi connectivity index (χ1v) is 17.9. The summed E-state index contributed by atoms with van der Waals surface area (Å²) in [6, 6.07) is 6.18. The van der Waals surface area contributed by atoms with Crippen molar-refractivity contribution in [3.8, 4) is 33.6 Å². The summed E-state index contributed by atoms with van der Waals surface area (Å²) in [4.78, 5) is 61.5. The highest BCUT2D eigenvalue weighted by Crippen LogP contribution is 2.42. The molecule has 22 heteroatoms. The summed E-state index contributed by atoms with van der Waals surface area (Å²) < 4.78 is 0.492. The monoisotopic (exact) mass is 773 g/mol. The number of β-lactam (4-membered cyclic amide) rings is 1. The molecule has 6 rings (SSSR count). The topological polar surface area (TPSA) is 291 Å². The third-order valence-electron chi connectivity index (χ3n) is 7.29. The van der Waals surface area contributed by atoms with Crippen molar-refractivity contribution in [2.24, 2.45) is 5.16 Å². The van der Waals surface area contributed by atoms with Gasteiger partial charge in [-0.3, -0.25) is 14.5 Å². The SMILES string of the molecule is Nc1nc(/C(=N/OC(C(=O)O)c2ccc(O)c(O)c2)C(=O)N[C@@H]2C(=O)N3C(C(=O)O)=C(CSc4nnc(-c5ccc(O)c(O)c5)s4)CS[C@H]23)cs1. The number of fused-ring (bicyclic) bond motifs is 1. The molecular formula is C29H23N7O11S4. The number of hydrogen-bond donors (Lipinski definition) is 8. The third-order valence-corrected chi connectivity index (χ3v) is 11.5. The van der Waals surface area contributed by atoms with Crippen molar-refractivity contribution in [3.63, 3.8) is 0 Å². The van der Waals surface area contributed by atoms with Gasteiger partial charge in [-0.15, -0.1) is 33.3 Å². The molecule has 0 bridgehead atoms. The molecule has 0 saturated carbocycles. The number of nitrogens with zero attached hydrogens (tertiary/aromatic N) is 5. The quantitative estimate of drug-likeness (QED) is 0.0336. The number of rotatable bonds is 12. The first kappa shape index (κ1) is 35.3. The molecule has 9 N–H and O–H groups in total. The molecule has 1 fully saturated rings. The van der Waals surface area contributed by atoms with Crippen LogP contribution in [0.4, 0.5) is 5.13 Å². The van der Waals surface area contributed by atoms with Crippen LogP contribution in [-0.2, 0) is 24.0 Å². The zero-order chi connectivity index (χ0) is 36.6. The van der Waals surface area contributed by atoms with E-state index in [-0.39, 0.29) is 45.1 Å². The van der Waals surface area contributed by atoms with Gasteiger partial charge in [0.1, 0.15) is 27.8 Å². The van der Waals surface area contributed by atoms with E-state index in [4.69, 9.17) is 10.6 Å². The smallest absolute Gasteiger partial charge is 0.352 e. The summed E-state index contributed by atoms with van der Waals surface area (Å²) in [5.41, 5.74) is 5.70. The van der Waals surface area contributed by atoms with Gasteiger partial charge in [0.05, 0.1) is 0 Å². The minimum Gasteiger partial charge on any atom is -0.504 e. The highest BCUT2D eigenvalue weighted by Gasteiger charge is 2.54. The molecule has 264 valence electrons. The number of carboxylic acid groups (broad SMARTS) is 2. The largest absolute Gasteiger partial charge is 0.504 e. The van der Waals surface area contributed by atoms with Crippen LogP contribution in [-0.4, -0.2) is 103 Å². The van der Waals surface area contributed by atoms with Crippen LogP contribution in [0.15, 0.2) is 62.5 Å². The lowest BCUT2D eigenvalue weighted by Crippen LogP contribution is -2.71. The van der Waals surface area contributed by atoms with Crippen LogP contribution < -0.4 is 11.1 Å². The van der Waals surface area contributed by atoms with E-state index in [1.807, 2.05) is 0 Å². The number of nitrogens with two attached hydrogens (primary N) is 1. The fraction of sp³-hybridized carbons (Fsp3) is 0.172. The Morgan fingerprint density at radius 2 is 1.78 bits per heavy atom. The van der Waals surface area contributed by atoms with Crippen molar-refractivity contribution in [1.29, 1.82) is 0 Å². The lowest BCUT2D eigenvalue weighted by Gasteiger charge is -2.49. The van der Waals surface area contributed by atoms with Gasteiger partial charge in [0.15, 0.2) is 38.2 Å². The van der Waals surface area contributed by atoms with E-state index in [1.165, 1.54) is 58.4 Å². The molecule has 1 unspecified atom stereocenters. The maximum absolute atomic E-state index is 13.5. The molecule has 2 aliphatic rings. The zero-order valence-corrected chi connectivity index (χ0v) is 28.6. The minimum atomic E-state index is -1.84. The molecule has 0 spiro atoms. The highest BCUT2D eigenvalue weighted by molar-refractivity contribution is 8.01. The number of nitrogens with one attached hydrogen (secondary N) is 1. The molecule has 2 aromatic heterocycles. The van der Waals surface area contributed by atoms with Crippen LogP contribution >= 0.6 is 46.2 Å². The number of hydrogen-bond acceptors (Lipinski definition) is 18. The number of phenols is 4. The summed E-state index contributed by atoms with van der Waals surface area (Å²) >= 11 is 4.55. The van der Waals surface area contributed by atoms with Crippen molar-refractivity contribution in [1.82, 2.24) is 25.4 Å². The fourth-order valence-corrected chi connectivity index (χ4v) is 8.73. The van der Waals surface area contributed by atoms with Gasteiger partial charge >= 0.3 is 11.9 Å². The summed E-state index contributed by atoms with van der Waals surface area (Å²) in [6.45, 7) is 0. The molecule has 3 atom stereocenters. The number of carboxylic acids is 2. The number of aromatic hydroxyl groups is 4. The van der Waals surface area contributed by atoms with E-state index >= 15 is 0 Å². The molecule has 0 radical (unpaired) electrons. The first-order chi connectivity index (χ1) is 24.3. The van der Waals surface area contributed by atoms with Gasteiger partial charge in [-0.25, -0.2) is 14.6 Å². The Hall–Kier alpha value is -5.58. The number of carbonyl (C=O) groups excluding carboxylic acids is 2. The van der Waals surface area contributed by atoms with Gasteiger partial charge in [0.25, 0.3) is 11.8 Å². The van der Waals surface area contributed by atoms with Crippen molar-refractivity contribution in [3.05, 3.63) is 64.3 Å². The molecule has 4 aromatic rings.